The van der Waals surface area contributed by atoms with Crippen LogP contribution >= 0.6 is 11.6 Å². The number of halogens is 1. The summed E-state index contributed by atoms with van der Waals surface area (Å²) < 4.78 is 5.72. The molecule has 4 amide bonds. The summed E-state index contributed by atoms with van der Waals surface area (Å²) in [6.45, 7) is 2.27. The quantitative estimate of drug-likeness (QED) is 0.496. The largest absolute Gasteiger partial charge is 0.493 e. The van der Waals surface area contributed by atoms with E-state index in [2.05, 4.69) is 5.32 Å². The van der Waals surface area contributed by atoms with Crippen LogP contribution < -0.4 is 15.0 Å². The minimum Gasteiger partial charge on any atom is -0.493 e. The van der Waals surface area contributed by atoms with Crippen molar-refractivity contribution in [2.75, 3.05) is 11.5 Å². The summed E-state index contributed by atoms with van der Waals surface area (Å²) in [6.07, 6.45) is 1.47. The molecular weight excluding hydrogens is 404 g/mol. The zero-order chi connectivity index (χ0) is 21.3. The molecule has 3 aromatic rings. The van der Waals surface area contributed by atoms with E-state index in [1.54, 1.807) is 18.2 Å². The Labute approximate surface area is 177 Å². The number of carbonyl (C=O) groups excluding carboxylic acids is 3. The highest BCUT2D eigenvalue weighted by Crippen LogP contribution is 2.32. The van der Waals surface area contributed by atoms with Crippen LogP contribution in [0.15, 0.2) is 66.2 Å². The average Bonchev–Trinajstić information content (AvgIpc) is 2.73. The zero-order valence-corrected chi connectivity index (χ0v) is 16.8. The summed E-state index contributed by atoms with van der Waals surface area (Å²) in [7, 11) is 0. The Kier molecular flexibility index (Phi) is 5.25. The van der Waals surface area contributed by atoms with Gasteiger partial charge in [-0.15, -0.1) is 0 Å². The number of rotatable bonds is 4. The number of barbiturate groups is 1. The molecule has 1 aliphatic heterocycles. The van der Waals surface area contributed by atoms with Crippen LogP contribution in [0.5, 0.6) is 5.75 Å². The number of nitrogens with one attached hydrogen (secondary N) is 1. The summed E-state index contributed by atoms with van der Waals surface area (Å²) in [6, 6.07) is 16.7. The van der Waals surface area contributed by atoms with E-state index in [-0.39, 0.29) is 5.57 Å². The van der Waals surface area contributed by atoms with E-state index in [0.717, 1.165) is 15.7 Å². The average molecular weight is 421 g/mol. The van der Waals surface area contributed by atoms with E-state index in [0.29, 0.717) is 28.6 Å². The first kappa shape index (κ1) is 19.7. The van der Waals surface area contributed by atoms with Crippen LogP contribution in [0.2, 0.25) is 5.02 Å². The maximum Gasteiger partial charge on any atom is 0.335 e. The van der Waals surface area contributed by atoms with Crippen LogP contribution in [-0.4, -0.2) is 24.5 Å². The van der Waals surface area contributed by atoms with Crippen molar-refractivity contribution in [1.82, 2.24) is 5.32 Å². The number of imide groups is 2. The number of nitrogens with zero attached hydrogens (tertiary/aromatic N) is 1. The minimum atomic E-state index is -0.813. The third-order valence-corrected chi connectivity index (χ3v) is 4.96. The van der Waals surface area contributed by atoms with Gasteiger partial charge in [-0.1, -0.05) is 41.9 Å². The van der Waals surface area contributed by atoms with Crippen molar-refractivity contribution in [3.05, 3.63) is 76.8 Å². The summed E-state index contributed by atoms with van der Waals surface area (Å²) in [5.74, 6) is -0.939. The van der Waals surface area contributed by atoms with Crippen LogP contribution in [0, 0.1) is 0 Å². The third-order valence-electron chi connectivity index (χ3n) is 4.71. The Morgan fingerprint density at radius 1 is 1.00 bits per heavy atom. The van der Waals surface area contributed by atoms with Gasteiger partial charge in [0.05, 0.1) is 12.3 Å². The van der Waals surface area contributed by atoms with Crippen molar-refractivity contribution in [3.63, 3.8) is 0 Å². The van der Waals surface area contributed by atoms with Gasteiger partial charge in [0, 0.05) is 10.6 Å². The number of anilines is 1. The van der Waals surface area contributed by atoms with Crippen molar-refractivity contribution in [2.24, 2.45) is 0 Å². The summed E-state index contributed by atoms with van der Waals surface area (Å²) in [5, 5.41) is 4.45. The molecule has 1 N–H and O–H groups in total. The Balaban J connectivity index is 1.85. The van der Waals surface area contributed by atoms with Gasteiger partial charge in [-0.2, -0.15) is 0 Å². The monoisotopic (exact) mass is 420 g/mol. The normalized spacial score (nSPS) is 15.6. The second kappa shape index (κ2) is 8.00. The molecule has 1 heterocycles. The Morgan fingerprint density at radius 3 is 2.47 bits per heavy atom. The number of amides is 4. The maximum atomic E-state index is 13.1. The van der Waals surface area contributed by atoms with Crippen LogP contribution in [-0.2, 0) is 9.59 Å². The molecule has 0 atom stereocenters. The maximum absolute atomic E-state index is 13.1. The second-order valence-electron chi connectivity index (χ2n) is 6.57. The lowest BCUT2D eigenvalue weighted by Gasteiger charge is -2.26. The smallest absolute Gasteiger partial charge is 0.335 e. The van der Waals surface area contributed by atoms with E-state index >= 15 is 0 Å². The van der Waals surface area contributed by atoms with Crippen molar-refractivity contribution in [2.45, 2.75) is 6.92 Å². The third kappa shape index (κ3) is 3.53. The number of benzene rings is 3. The lowest BCUT2D eigenvalue weighted by atomic mass is 9.99. The number of hydrogen-bond acceptors (Lipinski definition) is 4. The van der Waals surface area contributed by atoms with Gasteiger partial charge >= 0.3 is 6.03 Å². The van der Waals surface area contributed by atoms with Crippen molar-refractivity contribution < 1.29 is 19.1 Å². The lowest BCUT2D eigenvalue weighted by molar-refractivity contribution is -0.122. The van der Waals surface area contributed by atoms with E-state index in [4.69, 9.17) is 16.3 Å². The summed E-state index contributed by atoms with van der Waals surface area (Å²) in [5.41, 5.74) is 0.740. The number of ether oxygens (including phenoxy) is 1. The molecule has 0 saturated carbocycles. The van der Waals surface area contributed by atoms with Gasteiger partial charge in [0.25, 0.3) is 11.8 Å². The molecule has 30 heavy (non-hydrogen) atoms. The topological polar surface area (TPSA) is 75.7 Å². The Hall–Kier alpha value is -3.64. The zero-order valence-electron chi connectivity index (χ0n) is 16.0. The fourth-order valence-corrected chi connectivity index (χ4v) is 3.46. The van der Waals surface area contributed by atoms with Gasteiger partial charge in [0.15, 0.2) is 0 Å². The highest BCUT2D eigenvalue weighted by Gasteiger charge is 2.37. The van der Waals surface area contributed by atoms with Crippen molar-refractivity contribution in [3.8, 4) is 5.75 Å². The molecule has 1 aliphatic rings. The first-order chi connectivity index (χ1) is 14.5. The predicted octanol–water partition coefficient (Wildman–Crippen LogP) is 4.56. The number of fused-ring (bicyclic) bond motifs is 1. The fourth-order valence-electron chi connectivity index (χ4n) is 3.33. The molecule has 3 aromatic carbocycles. The molecule has 1 saturated heterocycles. The number of carbonyl (C=O) groups is 3. The minimum absolute atomic E-state index is 0.165. The molecule has 0 spiro atoms. The van der Waals surface area contributed by atoms with Crippen molar-refractivity contribution >= 4 is 52.0 Å². The standard InChI is InChI=1S/C23H17ClN2O4/c1-2-30-20-12-7-14-5-3-4-6-17(14)18(20)13-19-21(27)25-23(29)26(22(19)28)16-10-8-15(24)9-11-16/h3-13H,2H2,1H3,(H,25,27,29)/b19-13-. The first-order valence-corrected chi connectivity index (χ1v) is 9.69. The molecule has 1 fully saturated rings. The van der Waals surface area contributed by atoms with E-state index in [1.165, 1.54) is 18.2 Å². The van der Waals surface area contributed by atoms with Gasteiger partial charge in [-0.3, -0.25) is 14.9 Å². The fraction of sp³-hybridized carbons (Fsp3) is 0.0870. The van der Waals surface area contributed by atoms with Gasteiger partial charge in [-0.25, -0.2) is 9.69 Å². The predicted molar refractivity (Wildman–Crippen MR) is 116 cm³/mol. The molecule has 0 radical (unpaired) electrons. The molecule has 150 valence electrons. The van der Waals surface area contributed by atoms with Gasteiger partial charge < -0.3 is 4.74 Å². The number of hydrogen-bond donors (Lipinski definition) is 1. The molecular formula is C23H17ClN2O4. The SMILES string of the molecule is CCOc1ccc2ccccc2c1/C=C1/C(=O)NC(=O)N(c2ccc(Cl)cc2)C1=O. The molecule has 6 nitrogen and oxygen atoms in total. The molecule has 0 bridgehead atoms. The van der Waals surface area contributed by atoms with Crippen molar-refractivity contribution in [1.29, 1.82) is 0 Å². The number of urea groups is 1. The van der Waals surface area contributed by atoms with Crippen LogP contribution in [0.1, 0.15) is 12.5 Å². The van der Waals surface area contributed by atoms with Crippen LogP contribution in [0.3, 0.4) is 0 Å². The molecule has 0 aromatic heterocycles. The van der Waals surface area contributed by atoms with Crippen LogP contribution in [0.4, 0.5) is 10.5 Å². The molecule has 7 heteroatoms. The van der Waals surface area contributed by atoms with Crippen LogP contribution in [0.25, 0.3) is 16.8 Å². The lowest BCUT2D eigenvalue weighted by Crippen LogP contribution is -2.54. The Bertz CT molecular complexity index is 1200. The summed E-state index contributed by atoms with van der Waals surface area (Å²) >= 11 is 5.90. The van der Waals surface area contributed by atoms with E-state index < -0.39 is 17.8 Å². The second-order valence-corrected chi connectivity index (χ2v) is 7.00. The highest BCUT2D eigenvalue weighted by atomic mass is 35.5. The van der Waals surface area contributed by atoms with Gasteiger partial charge in [-0.05, 0) is 54.1 Å². The first-order valence-electron chi connectivity index (χ1n) is 9.31. The highest BCUT2D eigenvalue weighted by molar-refractivity contribution is 6.39. The molecule has 4 rings (SSSR count). The van der Waals surface area contributed by atoms with Gasteiger partial charge in [0.1, 0.15) is 11.3 Å². The molecule has 0 aliphatic carbocycles. The van der Waals surface area contributed by atoms with E-state index in [1.807, 2.05) is 37.3 Å². The Morgan fingerprint density at radius 2 is 1.73 bits per heavy atom. The summed E-state index contributed by atoms with van der Waals surface area (Å²) in [4.78, 5) is 39.0. The van der Waals surface area contributed by atoms with Gasteiger partial charge in [0.2, 0.25) is 0 Å². The molecule has 0 unspecified atom stereocenters. The van der Waals surface area contributed by atoms with E-state index in [9.17, 15) is 14.4 Å².